The zero-order chi connectivity index (χ0) is 12.3. The Balaban J connectivity index is 2.08. The summed E-state index contributed by atoms with van der Waals surface area (Å²) in [7, 11) is 0. The number of amides is 1. The van der Waals surface area contributed by atoms with E-state index < -0.39 is 0 Å². The summed E-state index contributed by atoms with van der Waals surface area (Å²) in [6.07, 6.45) is 2.74. The van der Waals surface area contributed by atoms with E-state index in [9.17, 15) is 4.79 Å². The topological polar surface area (TPSA) is 44.1 Å². The van der Waals surface area contributed by atoms with E-state index in [0.717, 1.165) is 25.8 Å². The Labute approximate surface area is 102 Å². The van der Waals surface area contributed by atoms with Gasteiger partial charge in [0.1, 0.15) is 0 Å². The Bertz CT molecular complexity index is 433. The van der Waals surface area contributed by atoms with E-state index in [1.54, 1.807) is 4.90 Å². The molecule has 2 unspecified atom stereocenters. The molecule has 0 aromatic heterocycles. The number of hydrogen-bond donors (Lipinski definition) is 0. The number of nitrogens with zero attached hydrogens (tertiary/aromatic N) is 2. The number of nitriles is 1. The molecule has 2 atom stereocenters. The summed E-state index contributed by atoms with van der Waals surface area (Å²) in [6.45, 7) is 4.77. The van der Waals surface area contributed by atoms with Crippen molar-refractivity contribution in [1.82, 2.24) is 4.90 Å². The molecular weight excluding hydrogens is 212 g/mol. The molecule has 1 saturated heterocycles. The number of carbonyl (C=O) groups is 1. The van der Waals surface area contributed by atoms with Gasteiger partial charge in [-0.1, -0.05) is 12.1 Å². The molecule has 17 heavy (non-hydrogen) atoms. The molecule has 1 aromatic rings. The smallest absolute Gasteiger partial charge is 0.209 e. The predicted octanol–water partition coefficient (Wildman–Crippen LogP) is 2.10. The fourth-order valence-electron chi connectivity index (χ4n) is 2.34. The second kappa shape index (κ2) is 5.01. The first-order valence-electron chi connectivity index (χ1n) is 5.78. The van der Waals surface area contributed by atoms with E-state index in [0.29, 0.717) is 11.5 Å². The van der Waals surface area contributed by atoms with Crippen LogP contribution in [0.2, 0.25) is 0 Å². The summed E-state index contributed by atoms with van der Waals surface area (Å²) < 4.78 is 0. The van der Waals surface area contributed by atoms with Crippen LogP contribution >= 0.6 is 0 Å². The average Bonchev–Trinajstić information content (AvgIpc) is 2.39. The molecule has 0 N–H and O–H groups in total. The van der Waals surface area contributed by atoms with Crippen LogP contribution in [0.5, 0.6) is 0 Å². The number of benzene rings is 1. The summed E-state index contributed by atoms with van der Waals surface area (Å²) in [5.74, 6) is 0.446. The Morgan fingerprint density at radius 1 is 1.41 bits per heavy atom. The maximum absolute atomic E-state index is 10.7. The van der Waals surface area contributed by atoms with Gasteiger partial charge in [0.05, 0.1) is 11.6 Å². The van der Waals surface area contributed by atoms with Crippen molar-refractivity contribution < 1.29 is 4.79 Å². The summed E-state index contributed by atoms with van der Waals surface area (Å²) in [5.41, 5.74) is 1.92. The van der Waals surface area contributed by atoms with Crippen molar-refractivity contribution in [2.45, 2.75) is 24.8 Å². The van der Waals surface area contributed by atoms with Crippen LogP contribution in [0.15, 0.2) is 24.3 Å². The summed E-state index contributed by atoms with van der Waals surface area (Å²) >= 11 is 0. The second-order valence-corrected chi connectivity index (χ2v) is 4.45. The number of likely N-dealkylation sites (tertiary alicyclic amines) is 1. The SMILES string of the molecule is [CH2]C1CC(c2ccc(C#N)cc2)CCN1C=O. The van der Waals surface area contributed by atoms with Crippen LogP contribution in [0, 0.1) is 18.3 Å². The highest BCUT2D eigenvalue weighted by Gasteiger charge is 2.25. The highest BCUT2D eigenvalue weighted by molar-refractivity contribution is 5.48. The van der Waals surface area contributed by atoms with Gasteiger partial charge in [-0.25, -0.2) is 0 Å². The zero-order valence-corrected chi connectivity index (χ0v) is 9.67. The minimum atomic E-state index is 0.0573. The number of piperidine rings is 1. The molecule has 1 heterocycles. The Hall–Kier alpha value is -1.82. The van der Waals surface area contributed by atoms with Gasteiger partial charge in [0.25, 0.3) is 0 Å². The summed E-state index contributed by atoms with van der Waals surface area (Å²) in [5, 5.41) is 8.74. The first-order chi connectivity index (χ1) is 8.24. The van der Waals surface area contributed by atoms with Gasteiger partial charge in [-0.3, -0.25) is 4.79 Å². The van der Waals surface area contributed by atoms with E-state index in [1.165, 1.54) is 5.56 Å². The van der Waals surface area contributed by atoms with Crippen LogP contribution in [-0.4, -0.2) is 23.9 Å². The van der Waals surface area contributed by atoms with Crippen molar-refractivity contribution in [2.24, 2.45) is 0 Å². The first kappa shape index (κ1) is 11.7. The lowest BCUT2D eigenvalue weighted by Crippen LogP contribution is -2.39. The van der Waals surface area contributed by atoms with Crippen LogP contribution in [0.1, 0.15) is 29.9 Å². The maximum Gasteiger partial charge on any atom is 0.209 e. The molecule has 0 saturated carbocycles. The van der Waals surface area contributed by atoms with E-state index in [-0.39, 0.29) is 6.04 Å². The molecule has 1 amide bonds. The van der Waals surface area contributed by atoms with Gasteiger partial charge in [-0.15, -0.1) is 0 Å². The fraction of sp³-hybridized carbons (Fsp3) is 0.357. The normalized spacial score (nSPS) is 24.1. The van der Waals surface area contributed by atoms with Gasteiger partial charge in [0.15, 0.2) is 0 Å². The predicted molar refractivity (Wildman–Crippen MR) is 65.0 cm³/mol. The van der Waals surface area contributed by atoms with E-state index >= 15 is 0 Å². The summed E-state index contributed by atoms with van der Waals surface area (Å²) in [6, 6.07) is 9.88. The van der Waals surface area contributed by atoms with Crippen molar-refractivity contribution in [3.8, 4) is 6.07 Å². The van der Waals surface area contributed by atoms with Gasteiger partial charge in [0, 0.05) is 12.6 Å². The zero-order valence-electron chi connectivity index (χ0n) is 9.67. The maximum atomic E-state index is 10.7. The van der Waals surface area contributed by atoms with Gasteiger partial charge < -0.3 is 4.90 Å². The van der Waals surface area contributed by atoms with Gasteiger partial charge >= 0.3 is 0 Å². The Kier molecular flexibility index (Phi) is 3.43. The third-order valence-electron chi connectivity index (χ3n) is 3.41. The van der Waals surface area contributed by atoms with Crippen LogP contribution in [0.3, 0.4) is 0 Å². The quantitative estimate of drug-likeness (QED) is 0.726. The van der Waals surface area contributed by atoms with E-state index in [4.69, 9.17) is 5.26 Å². The van der Waals surface area contributed by atoms with Crippen molar-refractivity contribution in [3.63, 3.8) is 0 Å². The molecule has 1 aromatic carbocycles. The van der Waals surface area contributed by atoms with Crippen LogP contribution in [-0.2, 0) is 4.79 Å². The Morgan fingerprint density at radius 2 is 2.12 bits per heavy atom. The molecular formula is C14H15N2O. The van der Waals surface area contributed by atoms with Gasteiger partial charge in [0.2, 0.25) is 6.41 Å². The molecule has 3 heteroatoms. The van der Waals surface area contributed by atoms with Crippen LogP contribution < -0.4 is 0 Å². The molecule has 0 aliphatic carbocycles. The fourth-order valence-corrected chi connectivity index (χ4v) is 2.34. The molecule has 1 fully saturated rings. The van der Waals surface area contributed by atoms with Crippen molar-refractivity contribution in [1.29, 1.82) is 5.26 Å². The van der Waals surface area contributed by atoms with Gasteiger partial charge in [-0.2, -0.15) is 5.26 Å². The molecule has 1 radical (unpaired) electrons. The van der Waals surface area contributed by atoms with Crippen molar-refractivity contribution >= 4 is 6.41 Å². The molecule has 87 valence electrons. The van der Waals surface area contributed by atoms with Gasteiger partial charge in [-0.05, 0) is 43.4 Å². The number of carbonyl (C=O) groups excluding carboxylic acids is 1. The minimum Gasteiger partial charge on any atom is -0.342 e. The second-order valence-electron chi connectivity index (χ2n) is 4.45. The largest absolute Gasteiger partial charge is 0.342 e. The van der Waals surface area contributed by atoms with Crippen LogP contribution in [0.25, 0.3) is 0 Å². The number of rotatable bonds is 2. The monoisotopic (exact) mass is 227 g/mol. The lowest BCUT2D eigenvalue weighted by Gasteiger charge is -2.35. The molecule has 1 aliphatic rings. The van der Waals surface area contributed by atoms with Crippen molar-refractivity contribution in [2.75, 3.05) is 6.54 Å². The van der Waals surface area contributed by atoms with E-state index in [2.05, 4.69) is 13.0 Å². The molecule has 1 aliphatic heterocycles. The lowest BCUT2D eigenvalue weighted by atomic mass is 9.86. The standard InChI is InChI=1S/C14H15N2O/c1-11-8-14(6-7-16(11)10-17)13-4-2-12(9-15)3-5-13/h2-5,10-11,14H,1,6-8H2. The Morgan fingerprint density at radius 3 is 2.65 bits per heavy atom. The molecule has 2 rings (SSSR count). The first-order valence-corrected chi connectivity index (χ1v) is 5.78. The summed E-state index contributed by atoms with van der Waals surface area (Å²) in [4.78, 5) is 12.5. The molecule has 3 nitrogen and oxygen atoms in total. The third kappa shape index (κ3) is 2.47. The third-order valence-corrected chi connectivity index (χ3v) is 3.41. The van der Waals surface area contributed by atoms with Crippen LogP contribution in [0.4, 0.5) is 0 Å². The highest BCUT2D eigenvalue weighted by Crippen LogP contribution is 2.30. The number of hydrogen-bond acceptors (Lipinski definition) is 2. The lowest BCUT2D eigenvalue weighted by molar-refractivity contribution is -0.120. The highest BCUT2D eigenvalue weighted by atomic mass is 16.1. The van der Waals surface area contributed by atoms with Crippen molar-refractivity contribution in [3.05, 3.63) is 42.3 Å². The van der Waals surface area contributed by atoms with E-state index in [1.807, 2.05) is 24.3 Å². The molecule has 0 bridgehead atoms. The molecule has 0 spiro atoms. The minimum absolute atomic E-state index is 0.0573. The average molecular weight is 227 g/mol.